The molecule has 0 bridgehead atoms. The lowest BCUT2D eigenvalue weighted by Gasteiger charge is -2.27. The van der Waals surface area contributed by atoms with Crippen molar-refractivity contribution in [3.8, 4) is 0 Å². The Bertz CT molecular complexity index is 1150. The average Bonchev–Trinajstić information content (AvgIpc) is 2.95. The summed E-state index contributed by atoms with van der Waals surface area (Å²) >= 11 is 0. The van der Waals surface area contributed by atoms with Gasteiger partial charge in [0.1, 0.15) is 0 Å². The summed E-state index contributed by atoms with van der Waals surface area (Å²) in [5, 5.41) is 5.68. The molecule has 2 heterocycles. The van der Waals surface area contributed by atoms with Crippen LogP contribution in [0.5, 0.6) is 0 Å². The highest BCUT2D eigenvalue weighted by Crippen LogP contribution is 2.36. The molecular formula is C28H33ClN4O6. The van der Waals surface area contributed by atoms with E-state index in [-0.39, 0.29) is 82.3 Å². The van der Waals surface area contributed by atoms with E-state index in [1.165, 1.54) is 0 Å². The van der Waals surface area contributed by atoms with Crippen LogP contribution in [0.3, 0.4) is 0 Å². The number of nitrogens with one attached hydrogen (secondary N) is 2. The normalized spacial score (nSPS) is 17.5. The number of halogens is 1. The molecule has 0 saturated carbocycles. The van der Waals surface area contributed by atoms with Crippen molar-refractivity contribution in [2.45, 2.75) is 12.8 Å². The molecule has 2 aliphatic heterocycles. The number of anilines is 2. The third kappa shape index (κ3) is 6.71. The lowest BCUT2D eigenvalue weighted by Crippen LogP contribution is -2.38. The van der Waals surface area contributed by atoms with Crippen molar-refractivity contribution in [2.24, 2.45) is 0 Å². The molecule has 0 radical (unpaired) electrons. The molecule has 2 amide bonds. The first-order chi connectivity index (χ1) is 18.5. The second kappa shape index (κ2) is 13.3. The van der Waals surface area contributed by atoms with Gasteiger partial charge < -0.3 is 20.1 Å². The van der Waals surface area contributed by atoms with Gasteiger partial charge in [-0.25, -0.2) is 0 Å². The van der Waals surface area contributed by atoms with Gasteiger partial charge >= 0.3 is 0 Å². The number of hydrogen-bond donors (Lipinski definition) is 2. The monoisotopic (exact) mass is 556 g/mol. The molecule has 10 nitrogen and oxygen atoms in total. The van der Waals surface area contributed by atoms with E-state index in [0.29, 0.717) is 39.5 Å². The smallest absolute Gasteiger partial charge is 0.225 e. The molecule has 11 heteroatoms. The summed E-state index contributed by atoms with van der Waals surface area (Å²) < 4.78 is 10.7. The standard InChI is InChI=1S/C28H32N4O6.ClH/c33-23(7-9-31-11-15-37-16-12-31)29-21-5-6-22(30-24(34)8-10-32-13-17-38-18-14-32)26-25(21)27(35)19-3-1-2-4-20(19)28(26)36;/h1-6H,7-18H2,(H,29,33)(H,30,34);1H. The van der Waals surface area contributed by atoms with Crippen LogP contribution in [-0.4, -0.2) is 98.9 Å². The van der Waals surface area contributed by atoms with E-state index >= 15 is 0 Å². The zero-order valence-electron chi connectivity index (χ0n) is 21.7. The molecule has 0 atom stereocenters. The second-order valence-corrected chi connectivity index (χ2v) is 9.62. The van der Waals surface area contributed by atoms with E-state index in [1.807, 2.05) is 0 Å². The first-order valence-electron chi connectivity index (χ1n) is 13.1. The Hall–Kier alpha value is -3.15. The number of ketones is 2. The van der Waals surface area contributed by atoms with Crippen LogP contribution in [0.4, 0.5) is 11.4 Å². The fourth-order valence-electron chi connectivity index (χ4n) is 5.03. The van der Waals surface area contributed by atoms with Crippen molar-refractivity contribution in [2.75, 3.05) is 76.3 Å². The molecule has 2 aromatic carbocycles. The Kier molecular flexibility index (Phi) is 9.82. The maximum atomic E-state index is 13.6. The van der Waals surface area contributed by atoms with E-state index < -0.39 is 0 Å². The van der Waals surface area contributed by atoms with Crippen LogP contribution in [0.25, 0.3) is 0 Å². The van der Waals surface area contributed by atoms with Crippen LogP contribution in [-0.2, 0) is 19.1 Å². The second-order valence-electron chi connectivity index (χ2n) is 9.62. The highest BCUT2D eigenvalue weighted by atomic mass is 35.5. The number of fused-ring (bicyclic) bond motifs is 2. The van der Waals surface area contributed by atoms with Crippen LogP contribution in [0.1, 0.15) is 44.7 Å². The Balaban J connectivity index is 0.00000353. The SMILES string of the molecule is Cl.O=C(CCN1CCOCC1)Nc1ccc(NC(=O)CCN2CCOCC2)c2c1C(=O)c1ccccc1C2=O. The summed E-state index contributed by atoms with van der Waals surface area (Å²) in [5.74, 6) is -1.22. The van der Waals surface area contributed by atoms with E-state index in [4.69, 9.17) is 9.47 Å². The Morgan fingerprint density at radius 1 is 0.667 bits per heavy atom. The molecular weight excluding hydrogens is 524 g/mol. The molecule has 2 aromatic rings. The van der Waals surface area contributed by atoms with Crippen molar-refractivity contribution in [1.82, 2.24) is 9.80 Å². The fourth-order valence-corrected chi connectivity index (χ4v) is 5.03. The number of ether oxygens (including phenoxy) is 2. The highest BCUT2D eigenvalue weighted by Gasteiger charge is 2.34. The minimum atomic E-state index is -0.358. The fraction of sp³-hybridized carbons (Fsp3) is 0.429. The van der Waals surface area contributed by atoms with Gasteiger partial charge in [0.25, 0.3) is 0 Å². The van der Waals surface area contributed by atoms with Gasteiger partial charge in [0.2, 0.25) is 11.8 Å². The summed E-state index contributed by atoms with van der Waals surface area (Å²) in [5.41, 5.74) is 1.32. The molecule has 0 spiro atoms. The van der Waals surface area contributed by atoms with E-state index in [0.717, 1.165) is 26.2 Å². The van der Waals surface area contributed by atoms with Crippen molar-refractivity contribution >= 4 is 47.2 Å². The Morgan fingerprint density at radius 3 is 1.44 bits per heavy atom. The molecule has 2 saturated heterocycles. The molecule has 39 heavy (non-hydrogen) atoms. The van der Waals surface area contributed by atoms with E-state index in [9.17, 15) is 19.2 Å². The van der Waals surface area contributed by atoms with Crippen LogP contribution in [0, 0.1) is 0 Å². The summed E-state index contributed by atoms with van der Waals surface area (Å²) in [6.07, 6.45) is 0.487. The third-order valence-electron chi connectivity index (χ3n) is 7.14. The topological polar surface area (TPSA) is 117 Å². The molecule has 208 valence electrons. The zero-order valence-corrected chi connectivity index (χ0v) is 22.5. The number of carbonyl (C=O) groups excluding carboxylic acids is 4. The summed E-state index contributed by atoms with van der Waals surface area (Å²) in [6.45, 7) is 6.80. The van der Waals surface area contributed by atoms with Gasteiger partial charge in [-0.1, -0.05) is 24.3 Å². The first-order valence-corrected chi connectivity index (χ1v) is 13.1. The number of nitrogens with zero attached hydrogens (tertiary/aromatic N) is 2. The van der Waals surface area contributed by atoms with Crippen LogP contribution < -0.4 is 10.6 Å². The maximum absolute atomic E-state index is 13.6. The molecule has 0 unspecified atom stereocenters. The summed E-state index contributed by atoms with van der Waals surface area (Å²) in [4.78, 5) is 57.1. The van der Waals surface area contributed by atoms with Gasteiger partial charge in [-0.2, -0.15) is 0 Å². The van der Waals surface area contributed by atoms with Crippen molar-refractivity contribution < 1.29 is 28.7 Å². The summed E-state index contributed by atoms with van der Waals surface area (Å²) in [7, 11) is 0. The quantitative estimate of drug-likeness (QED) is 0.434. The van der Waals surface area contributed by atoms with Gasteiger partial charge in [0.05, 0.1) is 48.9 Å². The molecule has 2 N–H and O–H groups in total. The van der Waals surface area contributed by atoms with Gasteiger partial charge in [-0.05, 0) is 12.1 Å². The van der Waals surface area contributed by atoms with Crippen LogP contribution >= 0.6 is 12.4 Å². The first kappa shape index (κ1) is 28.8. The van der Waals surface area contributed by atoms with Gasteiger partial charge in [-0.3, -0.25) is 29.0 Å². The van der Waals surface area contributed by atoms with E-state index in [2.05, 4.69) is 20.4 Å². The lowest BCUT2D eigenvalue weighted by molar-refractivity contribution is -0.117. The highest BCUT2D eigenvalue weighted by molar-refractivity contribution is 6.32. The Labute approximate surface area is 233 Å². The van der Waals surface area contributed by atoms with Gasteiger partial charge in [-0.15, -0.1) is 12.4 Å². The predicted octanol–water partition coefficient (Wildman–Crippen LogP) is 2.21. The largest absolute Gasteiger partial charge is 0.379 e. The minimum Gasteiger partial charge on any atom is -0.379 e. The molecule has 3 aliphatic rings. The van der Waals surface area contributed by atoms with Gasteiger partial charge in [0.15, 0.2) is 11.6 Å². The predicted molar refractivity (Wildman–Crippen MR) is 148 cm³/mol. The zero-order chi connectivity index (χ0) is 26.5. The van der Waals surface area contributed by atoms with Crippen LogP contribution in [0.15, 0.2) is 36.4 Å². The molecule has 1 aliphatic carbocycles. The number of morpholine rings is 2. The number of amides is 2. The molecule has 2 fully saturated rings. The van der Waals surface area contributed by atoms with E-state index in [1.54, 1.807) is 36.4 Å². The maximum Gasteiger partial charge on any atom is 0.225 e. The molecule has 5 rings (SSSR count). The number of hydrogen-bond acceptors (Lipinski definition) is 8. The van der Waals surface area contributed by atoms with Crippen LogP contribution in [0.2, 0.25) is 0 Å². The number of rotatable bonds is 8. The van der Waals surface area contributed by atoms with Crippen molar-refractivity contribution in [3.63, 3.8) is 0 Å². The summed E-state index contributed by atoms with van der Waals surface area (Å²) in [6, 6.07) is 9.79. The third-order valence-corrected chi connectivity index (χ3v) is 7.14. The Morgan fingerprint density at radius 2 is 1.05 bits per heavy atom. The van der Waals surface area contributed by atoms with Crippen molar-refractivity contribution in [3.05, 3.63) is 58.7 Å². The molecule has 0 aromatic heterocycles. The average molecular weight is 557 g/mol. The number of carbonyl (C=O) groups is 4. The van der Waals surface area contributed by atoms with Gasteiger partial charge in [0, 0.05) is 63.2 Å². The minimum absolute atomic E-state index is 0. The van der Waals surface area contributed by atoms with Crippen molar-refractivity contribution in [1.29, 1.82) is 0 Å². The lowest BCUT2D eigenvalue weighted by atomic mass is 9.82. The number of benzene rings is 2.